The highest BCUT2D eigenvalue weighted by Crippen LogP contribution is 2.31. The van der Waals surface area contributed by atoms with Gasteiger partial charge in [-0.2, -0.15) is 4.98 Å². The molecular weight excluding hydrogens is 238 g/mol. The Hall–Kier alpha value is -1.68. The molecule has 0 unspecified atom stereocenters. The van der Waals surface area contributed by atoms with E-state index < -0.39 is 0 Å². The number of nitrogens with one attached hydrogen (secondary N) is 1. The number of benzene rings is 1. The SMILES string of the molecule is CCNCc1noc(-c2ccccc2C(C)(C)C)n1. The van der Waals surface area contributed by atoms with Crippen molar-refractivity contribution < 1.29 is 4.52 Å². The van der Waals surface area contributed by atoms with E-state index in [1.807, 2.05) is 18.2 Å². The minimum Gasteiger partial charge on any atom is -0.334 e. The van der Waals surface area contributed by atoms with Gasteiger partial charge in [-0.15, -0.1) is 0 Å². The van der Waals surface area contributed by atoms with Crippen LogP contribution < -0.4 is 5.32 Å². The molecule has 0 radical (unpaired) electrons. The van der Waals surface area contributed by atoms with Crippen molar-refractivity contribution in [1.82, 2.24) is 15.5 Å². The number of nitrogens with zero attached hydrogens (tertiary/aromatic N) is 2. The molecule has 1 N–H and O–H groups in total. The van der Waals surface area contributed by atoms with Crippen LogP contribution in [0.5, 0.6) is 0 Å². The minimum atomic E-state index is 0.0485. The molecule has 0 aliphatic heterocycles. The van der Waals surface area contributed by atoms with Gasteiger partial charge in [0.1, 0.15) is 0 Å². The van der Waals surface area contributed by atoms with Crippen LogP contribution in [-0.2, 0) is 12.0 Å². The molecular formula is C15H21N3O. The summed E-state index contributed by atoms with van der Waals surface area (Å²) in [7, 11) is 0. The van der Waals surface area contributed by atoms with Gasteiger partial charge in [-0.3, -0.25) is 0 Å². The van der Waals surface area contributed by atoms with E-state index in [9.17, 15) is 0 Å². The van der Waals surface area contributed by atoms with Gasteiger partial charge in [0.05, 0.1) is 6.54 Å². The fraction of sp³-hybridized carbons (Fsp3) is 0.467. The maximum atomic E-state index is 5.38. The zero-order chi connectivity index (χ0) is 13.9. The van der Waals surface area contributed by atoms with Crippen molar-refractivity contribution in [2.24, 2.45) is 0 Å². The maximum absolute atomic E-state index is 5.38. The van der Waals surface area contributed by atoms with E-state index >= 15 is 0 Å². The van der Waals surface area contributed by atoms with Crippen molar-refractivity contribution in [2.45, 2.75) is 39.7 Å². The van der Waals surface area contributed by atoms with E-state index in [2.05, 4.69) is 49.2 Å². The molecule has 0 saturated carbocycles. The van der Waals surface area contributed by atoms with E-state index in [0.29, 0.717) is 18.3 Å². The number of rotatable bonds is 4. The predicted octanol–water partition coefficient (Wildman–Crippen LogP) is 3.14. The topological polar surface area (TPSA) is 51.0 Å². The first-order valence-corrected chi connectivity index (χ1v) is 6.65. The molecule has 2 rings (SSSR count). The van der Waals surface area contributed by atoms with Crippen LogP contribution in [0.4, 0.5) is 0 Å². The average molecular weight is 259 g/mol. The number of hydrogen-bond acceptors (Lipinski definition) is 4. The van der Waals surface area contributed by atoms with Crippen LogP contribution in [-0.4, -0.2) is 16.7 Å². The molecule has 0 fully saturated rings. The van der Waals surface area contributed by atoms with Crippen LogP contribution in [0.15, 0.2) is 28.8 Å². The van der Waals surface area contributed by atoms with Crippen molar-refractivity contribution in [1.29, 1.82) is 0 Å². The normalized spacial score (nSPS) is 11.8. The van der Waals surface area contributed by atoms with Crippen molar-refractivity contribution in [3.8, 4) is 11.5 Å². The molecule has 4 heteroatoms. The van der Waals surface area contributed by atoms with Crippen LogP contribution >= 0.6 is 0 Å². The first kappa shape index (κ1) is 13.7. The summed E-state index contributed by atoms with van der Waals surface area (Å²) in [6.45, 7) is 10.1. The zero-order valence-electron chi connectivity index (χ0n) is 12.0. The lowest BCUT2D eigenvalue weighted by Gasteiger charge is -2.21. The molecule has 0 aliphatic carbocycles. The van der Waals surface area contributed by atoms with E-state index in [1.165, 1.54) is 5.56 Å². The molecule has 1 aromatic carbocycles. The Bertz CT molecular complexity index is 540. The first-order valence-electron chi connectivity index (χ1n) is 6.65. The van der Waals surface area contributed by atoms with Gasteiger partial charge in [0.25, 0.3) is 5.89 Å². The lowest BCUT2D eigenvalue weighted by Crippen LogP contribution is -2.13. The maximum Gasteiger partial charge on any atom is 0.258 e. The van der Waals surface area contributed by atoms with E-state index in [-0.39, 0.29) is 5.41 Å². The summed E-state index contributed by atoms with van der Waals surface area (Å²) in [5.41, 5.74) is 2.28. The molecule has 102 valence electrons. The van der Waals surface area contributed by atoms with Crippen molar-refractivity contribution in [3.05, 3.63) is 35.7 Å². The van der Waals surface area contributed by atoms with Crippen LogP contribution in [0.2, 0.25) is 0 Å². The van der Waals surface area contributed by atoms with Crippen LogP contribution in [0.3, 0.4) is 0 Å². The summed E-state index contributed by atoms with van der Waals surface area (Å²) in [4.78, 5) is 4.45. The Balaban J connectivity index is 2.34. The minimum absolute atomic E-state index is 0.0485. The van der Waals surface area contributed by atoms with Gasteiger partial charge in [0.2, 0.25) is 0 Å². The van der Waals surface area contributed by atoms with Gasteiger partial charge in [0.15, 0.2) is 5.82 Å². The second-order valence-corrected chi connectivity index (χ2v) is 5.59. The van der Waals surface area contributed by atoms with E-state index in [0.717, 1.165) is 12.1 Å². The molecule has 0 spiro atoms. The van der Waals surface area contributed by atoms with Crippen molar-refractivity contribution in [2.75, 3.05) is 6.54 Å². The van der Waals surface area contributed by atoms with Gasteiger partial charge < -0.3 is 9.84 Å². The molecule has 0 atom stereocenters. The number of aromatic nitrogens is 2. The van der Waals surface area contributed by atoms with Crippen LogP contribution in [0.25, 0.3) is 11.5 Å². The molecule has 1 heterocycles. The standard InChI is InChI=1S/C15H21N3O/c1-5-16-10-13-17-14(19-18-13)11-8-6-7-9-12(11)15(2,3)4/h6-9,16H,5,10H2,1-4H3. The summed E-state index contributed by atoms with van der Waals surface area (Å²) < 4.78 is 5.38. The van der Waals surface area contributed by atoms with Crippen LogP contribution in [0.1, 0.15) is 39.1 Å². The third-order valence-electron chi connectivity index (χ3n) is 2.97. The summed E-state index contributed by atoms with van der Waals surface area (Å²) >= 11 is 0. The molecule has 4 nitrogen and oxygen atoms in total. The van der Waals surface area contributed by atoms with E-state index in [4.69, 9.17) is 4.52 Å². The Kier molecular flexibility index (Phi) is 4.00. The molecule has 19 heavy (non-hydrogen) atoms. The highest BCUT2D eigenvalue weighted by molar-refractivity contribution is 5.60. The third kappa shape index (κ3) is 3.20. The lowest BCUT2D eigenvalue weighted by atomic mass is 9.84. The Morgan fingerprint density at radius 1 is 1.21 bits per heavy atom. The summed E-state index contributed by atoms with van der Waals surface area (Å²) in [6, 6.07) is 8.19. The molecule has 1 aromatic heterocycles. The van der Waals surface area contributed by atoms with Gasteiger partial charge in [-0.05, 0) is 23.6 Å². The molecule has 0 amide bonds. The van der Waals surface area contributed by atoms with Crippen LogP contribution in [0, 0.1) is 0 Å². The second kappa shape index (κ2) is 5.53. The highest BCUT2D eigenvalue weighted by atomic mass is 16.5. The van der Waals surface area contributed by atoms with Gasteiger partial charge in [-0.25, -0.2) is 0 Å². The fourth-order valence-electron chi connectivity index (χ4n) is 2.00. The third-order valence-corrected chi connectivity index (χ3v) is 2.97. The van der Waals surface area contributed by atoms with Gasteiger partial charge in [0, 0.05) is 5.56 Å². The van der Waals surface area contributed by atoms with Gasteiger partial charge >= 0.3 is 0 Å². The zero-order valence-corrected chi connectivity index (χ0v) is 12.0. The molecule has 0 bridgehead atoms. The number of hydrogen-bond donors (Lipinski definition) is 1. The fourth-order valence-corrected chi connectivity index (χ4v) is 2.00. The second-order valence-electron chi connectivity index (χ2n) is 5.59. The smallest absolute Gasteiger partial charge is 0.258 e. The summed E-state index contributed by atoms with van der Waals surface area (Å²) in [5.74, 6) is 1.29. The summed E-state index contributed by atoms with van der Waals surface area (Å²) in [6.07, 6.45) is 0. The Morgan fingerprint density at radius 2 is 1.95 bits per heavy atom. The predicted molar refractivity (Wildman–Crippen MR) is 75.8 cm³/mol. The summed E-state index contributed by atoms with van der Waals surface area (Å²) in [5, 5.41) is 7.19. The quantitative estimate of drug-likeness (QED) is 0.916. The highest BCUT2D eigenvalue weighted by Gasteiger charge is 2.21. The van der Waals surface area contributed by atoms with E-state index in [1.54, 1.807) is 0 Å². The largest absolute Gasteiger partial charge is 0.334 e. The monoisotopic (exact) mass is 259 g/mol. The molecule has 2 aromatic rings. The van der Waals surface area contributed by atoms with Crippen molar-refractivity contribution >= 4 is 0 Å². The van der Waals surface area contributed by atoms with Crippen molar-refractivity contribution in [3.63, 3.8) is 0 Å². The lowest BCUT2D eigenvalue weighted by molar-refractivity contribution is 0.418. The molecule has 0 saturated heterocycles. The van der Waals surface area contributed by atoms with Gasteiger partial charge in [-0.1, -0.05) is 51.1 Å². The molecule has 0 aliphatic rings. The average Bonchev–Trinajstić information content (AvgIpc) is 2.84. The Labute approximate surface area is 114 Å². The first-order chi connectivity index (χ1) is 9.02. The Morgan fingerprint density at radius 3 is 2.63 bits per heavy atom.